The quantitative estimate of drug-likeness (QED) is 0.366. The third kappa shape index (κ3) is 4.01. The first-order chi connectivity index (χ1) is 15.6. The Hall–Kier alpha value is -2.13. The van der Waals surface area contributed by atoms with Gasteiger partial charge < -0.3 is 24.8 Å². The Balaban J connectivity index is 1.45. The fraction of sp³-hybridized carbons (Fsp3) is 0.368. The highest BCUT2D eigenvalue weighted by atomic mass is 32.2. The summed E-state index contributed by atoms with van der Waals surface area (Å²) in [7, 11) is 1.54. The number of aromatic hydroxyl groups is 1. The van der Waals surface area contributed by atoms with E-state index < -0.39 is 29.8 Å². The van der Waals surface area contributed by atoms with Gasteiger partial charge in [0.15, 0.2) is 0 Å². The van der Waals surface area contributed by atoms with Crippen LogP contribution >= 0.6 is 34.4 Å². The van der Waals surface area contributed by atoms with Gasteiger partial charge in [-0.2, -0.15) is 0 Å². The van der Waals surface area contributed by atoms with Crippen molar-refractivity contribution in [3.05, 3.63) is 35.3 Å². The molecule has 3 N–H and O–H groups in total. The normalized spacial score (nSPS) is 26.0. The SMILES string of the molecule is COC1C(Sc2ccc3ncsc3c2)OC(CO)C(O)C1n1cc(-c2csc(O)n2)nn1. The van der Waals surface area contributed by atoms with Gasteiger partial charge in [-0.25, -0.2) is 14.6 Å². The Morgan fingerprint density at radius 2 is 2.16 bits per heavy atom. The highest BCUT2D eigenvalue weighted by molar-refractivity contribution is 7.99. The van der Waals surface area contributed by atoms with Crippen molar-refractivity contribution in [1.82, 2.24) is 25.0 Å². The van der Waals surface area contributed by atoms with Gasteiger partial charge >= 0.3 is 0 Å². The summed E-state index contributed by atoms with van der Waals surface area (Å²) in [5.74, 6) is 0. The fourth-order valence-corrected chi connectivity index (χ4v) is 6.21. The van der Waals surface area contributed by atoms with Crippen molar-refractivity contribution in [2.75, 3.05) is 13.7 Å². The van der Waals surface area contributed by atoms with Crippen LogP contribution in [0.25, 0.3) is 21.6 Å². The number of aromatic nitrogens is 5. The van der Waals surface area contributed by atoms with Crippen molar-refractivity contribution in [1.29, 1.82) is 0 Å². The van der Waals surface area contributed by atoms with E-state index in [0.29, 0.717) is 11.4 Å². The van der Waals surface area contributed by atoms with Crippen LogP contribution in [-0.2, 0) is 9.47 Å². The van der Waals surface area contributed by atoms with Gasteiger partial charge in [-0.3, -0.25) is 0 Å². The van der Waals surface area contributed by atoms with Crippen molar-refractivity contribution in [3.8, 4) is 16.6 Å². The third-order valence-corrected chi connectivity index (χ3v) is 7.79. The lowest BCUT2D eigenvalue weighted by Gasteiger charge is -2.43. The predicted octanol–water partition coefficient (Wildman–Crippen LogP) is 2.14. The molecule has 4 aromatic rings. The van der Waals surface area contributed by atoms with Crippen LogP contribution < -0.4 is 0 Å². The molecule has 3 aromatic heterocycles. The number of ether oxygens (including phenoxy) is 2. The third-order valence-electron chi connectivity index (χ3n) is 5.22. The largest absolute Gasteiger partial charge is 0.486 e. The molecule has 1 fully saturated rings. The summed E-state index contributed by atoms with van der Waals surface area (Å²) in [6.07, 6.45) is -0.858. The summed E-state index contributed by atoms with van der Waals surface area (Å²) in [6.45, 7) is -0.361. The van der Waals surface area contributed by atoms with Crippen LogP contribution in [0.3, 0.4) is 0 Å². The summed E-state index contributed by atoms with van der Waals surface area (Å²) >= 11 is 4.09. The van der Waals surface area contributed by atoms with Crippen LogP contribution in [0.15, 0.2) is 40.2 Å². The number of fused-ring (bicyclic) bond motifs is 1. The van der Waals surface area contributed by atoms with Gasteiger partial charge in [0.25, 0.3) is 5.19 Å². The number of thioether (sulfide) groups is 1. The smallest absolute Gasteiger partial charge is 0.271 e. The minimum atomic E-state index is -1.08. The van der Waals surface area contributed by atoms with Crippen LogP contribution in [0.1, 0.15) is 6.04 Å². The Bertz CT molecular complexity index is 1210. The van der Waals surface area contributed by atoms with E-state index in [1.54, 1.807) is 35.5 Å². The molecular weight excluding hydrogens is 474 g/mol. The zero-order valence-corrected chi connectivity index (χ0v) is 19.1. The summed E-state index contributed by atoms with van der Waals surface area (Å²) in [6, 6.07) is 5.27. The molecule has 10 nitrogen and oxygen atoms in total. The zero-order chi connectivity index (χ0) is 22.2. The summed E-state index contributed by atoms with van der Waals surface area (Å²) in [4.78, 5) is 9.27. The molecule has 1 aliphatic rings. The Morgan fingerprint density at radius 1 is 1.28 bits per heavy atom. The minimum absolute atomic E-state index is 0.0647. The monoisotopic (exact) mass is 493 g/mol. The van der Waals surface area contributed by atoms with Crippen molar-refractivity contribution in [2.24, 2.45) is 0 Å². The fourth-order valence-electron chi connectivity index (χ4n) is 3.67. The number of hydrogen-bond donors (Lipinski definition) is 3. The average Bonchev–Trinajstić information content (AvgIpc) is 3.54. The van der Waals surface area contributed by atoms with Crippen molar-refractivity contribution in [2.45, 2.75) is 34.7 Å². The highest BCUT2D eigenvalue weighted by Crippen LogP contribution is 2.40. The Labute approximate surface area is 194 Å². The van der Waals surface area contributed by atoms with Crippen LogP contribution in [0.2, 0.25) is 0 Å². The number of hydrogen-bond acceptors (Lipinski definition) is 12. The van der Waals surface area contributed by atoms with Crippen LogP contribution in [0.5, 0.6) is 5.19 Å². The zero-order valence-electron chi connectivity index (χ0n) is 16.7. The van der Waals surface area contributed by atoms with E-state index in [1.165, 1.54) is 16.4 Å². The number of methoxy groups -OCH3 is 1. The summed E-state index contributed by atoms with van der Waals surface area (Å²) in [5.41, 5.74) is 3.14. The lowest BCUT2D eigenvalue weighted by molar-refractivity contribution is -0.186. The topological polar surface area (TPSA) is 136 Å². The average molecular weight is 494 g/mol. The molecule has 5 rings (SSSR count). The van der Waals surface area contributed by atoms with Crippen LogP contribution in [-0.4, -0.2) is 77.7 Å². The molecule has 0 saturated carbocycles. The van der Waals surface area contributed by atoms with Crippen LogP contribution in [0, 0.1) is 0 Å². The van der Waals surface area contributed by atoms with E-state index in [2.05, 4.69) is 20.3 Å². The van der Waals surface area contributed by atoms with E-state index in [1.807, 2.05) is 18.2 Å². The number of nitrogens with zero attached hydrogens (tertiary/aromatic N) is 5. The first kappa shape index (κ1) is 21.7. The van der Waals surface area contributed by atoms with Crippen LogP contribution in [0.4, 0.5) is 0 Å². The Morgan fingerprint density at radius 3 is 2.91 bits per heavy atom. The predicted molar refractivity (Wildman–Crippen MR) is 120 cm³/mol. The molecule has 0 amide bonds. The molecule has 5 atom stereocenters. The molecule has 4 heterocycles. The van der Waals surface area contributed by atoms with Gasteiger partial charge in [-0.1, -0.05) is 28.3 Å². The molecule has 0 radical (unpaired) electrons. The highest BCUT2D eigenvalue weighted by Gasteiger charge is 2.47. The maximum absolute atomic E-state index is 10.9. The number of thiazole rings is 2. The van der Waals surface area contributed by atoms with Gasteiger partial charge in [0.2, 0.25) is 0 Å². The molecule has 13 heteroatoms. The lowest BCUT2D eigenvalue weighted by atomic mass is 9.97. The number of rotatable bonds is 6. The van der Waals surface area contributed by atoms with Gasteiger partial charge in [0.1, 0.15) is 41.2 Å². The number of benzene rings is 1. The molecule has 1 aliphatic heterocycles. The first-order valence-corrected chi connectivity index (χ1v) is 12.2. The minimum Gasteiger partial charge on any atom is -0.486 e. The van der Waals surface area contributed by atoms with E-state index in [9.17, 15) is 15.3 Å². The van der Waals surface area contributed by atoms with E-state index in [0.717, 1.165) is 26.4 Å². The lowest BCUT2D eigenvalue weighted by Crippen LogP contribution is -2.55. The summed E-state index contributed by atoms with van der Waals surface area (Å²) in [5, 5.41) is 40.2. The van der Waals surface area contributed by atoms with Gasteiger partial charge in [-0.05, 0) is 18.2 Å². The van der Waals surface area contributed by atoms with E-state index in [4.69, 9.17) is 9.47 Å². The molecule has 32 heavy (non-hydrogen) atoms. The summed E-state index contributed by atoms with van der Waals surface area (Å²) < 4.78 is 14.3. The molecular formula is C19H19N5O5S3. The molecule has 0 aliphatic carbocycles. The molecule has 1 aromatic carbocycles. The molecule has 5 unspecified atom stereocenters. The second-order valence-electron chi connectivity index (χ2n) is 7.11. The molecule has 0 bridgehead atoms. The van der Waals surface area contributed by atoms with Gasteiger partial charge in [-0.15, -0.1) is 16.4 Å². The van der Waals surface area contributed by atoms with E-state index in [-0.39, 0.29) is 11.8 Å². The van der Waals surface area contributed by atoms with Gasteiger partial charge in [0, 0.05) is 17.4 Å². The second kappa shape index (κ2) is 9.02. The number of aliphatic hydroxyl groups is 2. The maximum atomic E-state index is 10.9. The van der Waals surface area contributed by atoms with Gasteiger partial charge in [0.05, 0.1) is 28.5 Å². The Kier molecular flexibility index (Phi) is 6.11. The van der Waals surface area contributed by atoms with Crippen molar-refractivity contribution >= 4 is 44.7 Å². The van der Waals surface area contributed by atoms with Crippen molar-refractivity contribution in [3.63, 3.8) is 0 Å². The standard InChI is InChI=1S/C19H19N5O5S3/c1-28-17-15(24-5-11(22-23-24)12-7-30-19(27)21-12)16(26)13(6-25)29-18(17)32-9-2-3-10-14(4-9)31-8-20-10/h2-5,7-8,13,15-18,25-26H,6H2,1H3,(H,21,27). The maximum Gasteiger partial charge on any atom is 0.271 e. The molecule has 168 valence electrons. The molecule has 0 spiro atoms. The first-order valence-electron chi connectivity index (χ1n) is 9.61. The van der Waals surface area contributed by atoms with E-state index >= 15 is 0 Å². The number of aliphatic hydroxyl groups excluding tert-OH is 2. The second-order valence-corrected chi connectivity index (χ2v) is 10.0. The van der Waals surface area contributed by atoms with Crippen molar-refractivity contribution < 1.29 is 24.8 Å². The molecule has 1 saturated heterocycles.